The number of rotatable bonds is 12. The minimum absolute atomic E-state index is 0. The van der Waals surface area contributed by atoms with Crippen LogP contribution >= 0.6 is 35.6 Å². The van der Waals surface area contributed by atoms with Crippen molar-refractivity contribution < 1.29 is 14.3 Å². The van der Waals surface area contributed by atoms with E-state index in [4.69, 9.17) is 38.4 Å². The van der Waals surface area contributed by atoms with Gasteiger partial charge in [-0.1, -0.05) is 54.1 Å². The fraction of sp³-hybridized carbons (Fsp3) is 0.333. The molecule has 2 N–H and O–H groups in total. The Labute approximate surface area is 268 Å². The maximum atomic E-state index is 13.6. The molecule has 0 bridgehead atoms. The molecule has 43 heavy (non-hydrogen) atoms. The van der Waals surface area contributed by atoms with E-state index in [1.807, 2.05) is 66.5 Å². The fourth-order valence-corrected chi connectivity index (χ4v) is 6.17. The van der Waals surface area contributed by atoms with Crippen LogP contribution in [0.3, 0.4) is 0 Å². The van der Waals surface area contributed by atoms with Gasteiger partial charge in [-0.25, -0.2) is 4.79 Å². The van der Waals surface area contributed by atoms with Crippen molar-refractivity contribution in [2.24, 2.45) is 12.8 Å². The van der Waals surface area contributed by atoms with Gasteiger partial charge in [0.25, 0.3) is 0 Å². The smallest absolute Gasteiger partial charge is 0.355 e. The number of halogens is 3. The number of alkyl halides is 1. The SMILES string of the molecule is CCOC(=O)c1c(CCCOc2cccc3ccccc23)c2ccc(Cl)c(-c3c(CCl)nn(C)c3C)c2n1CCCN.Cl. The van der Waals surface area contributed by atoms with E-state index < -0.39 is 0 Å². The number of ether oxygens (including phenoxy) is 2. The molecule has 0 aliphatic rings. The van der Waals surface area contributed by atoms with Gasteiger partial charge in [0.05, 0.1) is 35.3 Å². The Morgan fingerprint density at radius 1 is 1.02 bits per heavy atom. The van der Waals surface area contributed by atoms with Gasteiger partial charge < -0.3 is 19.8 Å². The molecule has 2 heterocycles. The summed E-state index contributed by atoms with van der Waals surface area (Å²) in [7, 11) is 1.89. The molecule has 3 aromatic carbocycles. The van der Waals surface area contributed by atoms with E-state index in [-0.39, 0.29) is 30.9 Å². The summed E-state index contributed by atoms with van der Waals surface area (Å²) in [4.78, 5) is 13.6. The molecule has 0 saturated heterocycles. The van der Waals surface area contributed by atoms with Crippen LogP contribution in [0, 0.1) is 6.92 Å². The molecule has 0 fully saturated rings. The second-order valence-corrected chi connectivity index (χ2v) is 10.9. The summed E-state index contributed by atoms with van der Waals surface area (Å²) in [6, 6.07) is 18.1. The minimum atomic E-state index is -0.363. The van der Waals surface area contributed by atoms with Crippen LogP contribution in [0.15, 0.2) is 54.6 Å². The van der Waals surface area contributed by atoms with Crippen molar-refractivity contribution in [2.75, 3.05) is 19.8 Å². The first-order valence-electron chi connectivity index (χ1n) is 14.3. The molecule has 0 spiro atoms. The number of aromatic nitrogens is 3. The van der Waals surface area contributed by atoms with Crippen molar-refractivity contribution in [1.29, 1.82) is 0 Å². The largest absolute Gasteiger partial charge is 0.493 e. The van der Waals surface area contributed by atoms with E-state index in [0.717, 1.165) is 55.5 Å². The maximum absolute atomic E-state index is 13.6. The highest BCUT2D eigenvalue weighted by atomic mass is 35.5. The molecule has 5 rings (SSSR count). The average molecular weight is 644 g/mol. The number of aryl methyl sites for hydroxylation is 3. The van der Waals surface area contributed by atoms with E-state index in [1.165, 1.54) is 0 Å². The van der Waals surface area contributed by atoms with E-state index in [2.05, 4.69) is 23.3 Å². The molecule has 228 valence electrons. The lowest BCUT2D eigenvalue weighted by Gasteiger charge is -2.14. The lowest BCUT2D eigenvalue weighted by atomic mass is 9.98. The lowest BCUT2D eigenvalue weighted by Crippen LogP contribution is -2.16. The Morgan fingerprint density at radius 3 is 2.53 bits per heavy atom. The van der Waals surface area contributed by atoms with Gasteiger partial charge in [-0.3, -0.25) is 4.68 Å². The fourth-order valence-electron chi connectivity index (χ4n) is 5.74. The zero-order chi connectivity index (χ0) is 29.8. The number of benzene rings is 3. The number of nitrogens with zero attached hydrogens (tertiary/aromatic N) is 3. The molecule has 0 saturated carbocycles. The molecular weight excluding hydrogens is 607 g/mol. The zero-order valence-electron chi connectivity index (χ0n) is 24.7. The van der Waals surface area contributed by atoms with Crippen molar-refractivity contribution in [3.05, 3.63) is 82.3 Å². The number of carbonyl (C=O) groups excluding carboxylic acids is 1. The molecule has 0 unspecified atom stereocenters. The Kier molecular flexibility index (Phi) is 11.0. The summed E-state index contributed by atoms with van der Waals surface area (Å²) < 4.78 is 15.7. The molecule has 0 aliphatic carbocycles. The van der Waals surface area contributed by atoms with E-state index in [0.29, 0.717) is 49.7 Å². The first-order chi connectivity index (χ1) is 20.4. The Balaban J connectivity index is 0.00000423. The molecule has 7 nitrogen and oxygen atoms in total. The van der Waals surface area contributed by atoms with Crippen molar-refractivity contribution in [2.45, 2.75) is 45.5 Å². The van der Waals surface area contributed by atoms with Crippen LogP contribution in [0.25, 0.3) is 32.8 Å². The summed E-state index contributed by atoms with van der Waals surface area (Å²) in [5.74, 6) is 0.716. The molecule has 2 aromatic heterocycles. The second-order valence-electron chi connectivity index (χ2n) is 10.3. The summed E-state index contributed by atoms with van der Waals surface area (Å²) >= 11 is 13.3. The topological polar surface area (TPSA) is 84.3 Å². The first kappa shape index (κ1) is 32.7. The summed E-state index contributed by atoms with van der Waals surface area (Å²) in [6.07, 6.45) is 1.99. The Bertz CT molecular complexity index is 1740. The van der Waals surface area contributed by atoms with Gasteiger partial charge in [-0.2, -0.15) is 5.10 Å². The molecule has 0 aliphatic heterocycles. The number of esters is 1. The van der Waals surface area contributed by atoms with Crippen molar-refractivity contribution in [3.8, 4) is 16.9 Å². The summed E-state index contributed by atoms with van der Waals surface area (Å²) in [5.41, 5.74) is 11.6. The third-order valence-electron chi connectivity index (χ3n) is 7.69. The highest BCUT2D eigenvalue weighted by Gasteiger charge is 2.28. The predicted molar refractivity (Wildman–Crippen MR) is 178 cm³/mol. The van der Waals surface area contributed by atoms with Gasteiger partial charge in [0.2, 0.25) is 0 Å². The third kappa shape index (κ3) is 6.36. The molecule has 0 atom stereocenters. The minimum Gasteiger partial charge on any atom is -0.493 e. The maximum Gasteiger partial charge on any atom is 0.355 e. The average Bonchev–Trinajstić information content (AvgIpc) is 3.46. The molecule has 0 amide bonds. The first-order valence-corrected chi connectivity index (χ1v) is 15.2. The van der Waals surface area contributed by atoms with Crippen molar-refractivity contribution in [3.63, 3.8) is 0 Å². The van der Waals surface area contributed by atoms with Crippen LogP contribution in [0.1, 0.15) is 47.2 Å². The van der Waals surface area contributed by atoms with Crippen LogP contribution in [-0.4, -0.2) is 40.1 Å². The third-order valence-corrected chi connectivity index (χ3v) is 8.26. The normalized spacial score (nSPS) is 11.2. The van der Waals surface area contributed by atoms with Gasteiger partial charge in [0.15, 0.2) is 0 Å². The Hall–Kier alpha value is -3.23. The van der Waals surface area contributed by atoms with Crippen LogP contribution in [0.4, 0.5) is 0 Å². The second kappa shape index (κ2) is 14.5. The van der Waals surface area contributed by atoms with Crippen LogP contribution in [0.5, 0.6) is 5.75 Å². The van der Waals surface area contributed by atoms with Gasteiger partial charge in [-0.15, -0.1) is 24.0 Å². The standard InChI is InChI=1S/C33H36Cl2N4O3.ClH/c1-4-41-33(40)32-24(13-8-19-42-28-14-7-11-22-10-5-6-12-23(22)28)25-15-16-26(35)30(31(25)39(32)18-9-17-36)29-21(2)38(3)37-27(29)20-34;/h5-7,10-12,14-16H,4,8-9,13,17-20,36H2,1-3H3;1H. The number of nitrogens with two attached hydrogens (primary N) is 1. The molecule has 10 heteroatoms. The van der Waals surface area contributed by atoms with E-state index in [1.54, 1.807) is 0 Å². The quantitative estimate of drug-likeness (QED) is 0.0850. The van der Waals surface area contributed by atoms with Crippen LogP contribution in [0.2, 0.25) is 5.02 Å². The van der Waals surface area contributed by atoms with Gasteiger partial charge in [0, 0.05) is 41.2 Å². The van der Waals surface area contributed by atoms with E-state index in [9.17, 15) is 4.79 Å². The van der Waals surface area contributed by atoms with Crippen LogP contribution in [-0.2, 0) is 30.6 Å². The van der Waals surface area contributed by atoms with Gasteiger partial charge >= 0.3 is 5.97 Å². The highest BCUT2D eigenvalue weighted by molar-refractivity contribution is 6.35. The van der Waals surface area contributed by atoms with Gasteiger partial charge in [-0.05, 0) is 62.7 Å². The molecule has 0 radical (unpaired) electrons. The van der Waals surface area contributed by atoms with Gasteiger partial charge in [0.1, 0.15) is 11.4 Å². The molecule has 5 aromatic rings. The predicted octanol–water partition coefficient (Wildman–Crippen LogP) is 7.85. The summed E-state index contributed by atoms with van der Waals surface area (Å²) in [6.45, 7) is 5.59. The van der Waals surface area contributed by atoms with Crippen LogP contribution < -0.4 is 10.5 Å². The van der Waals surface area contributed by atoms with Crippen molar-refractivity contribution >= 4 is 63.3 Å². The lowest BCUT2D eigenvalue weighted by molar-refractivity contribution is 0.0512. The zero-order valence-corrected chi connectivity index (χ0v) is 27.0. The number of carbonyl (C=O) groups is 1. The van der Waals surface area contributed by atoms with Crippen molar-refractivity contribution in [1.82, 2.24) is 14.3 Å². The highest BCUT2D eigenvalue weighted by Crippen LogP contribution is 2.42. The Morgan fingerprint density at radius 2 is 1.79 bits per heavy atom. The summed E-state index contributed by atoms with van der Waals surface area (Å²) in [5, 5.41) is 8.36. The monoisotopic (exact) mass is 642 g/mol. The number of fused-ring (bicyclic) bond motifs is 2. The number of hydrogen-bond acceptors (Lipinski definition) is 5. The number of hydrogen-bond donors (Lipinski definition) is 1. The van der Waals surface area contributed by atoms with E-state index >= 15 is 0 Å². The molecular formula is C33H37Cl3N4O3.